The van der Waals surface area contributed by atoms with Crippen molar-refractivity contribution in [3.05, 3.63) is 27.4 Å². The molecule has 1 aliphatic rings. The van der Waals surface area contributed by atoms with Gasteiger partial charge in [-0.15, -0.1) is 0 Å². The van der Waals surface area contributed by atoms with Gasteiger partial charge in [-0.2, -0.15) is 0 Å². The largest absolute Gasteiger partial charge is 0.316 e. The molecule has 1 aromatic carbocycles. The number of sulfonamides is 1. The van der Waals surface area contributed by atoms with Crippen molar-refractivity contribution in [2.45, 2.75) is 17.7 Å². The summed E-state index contributed by atoms with van der Waals surface area (Å²) in [6, 6.07) is 2.07. The predicted octanol–water partition coefficient (Wildman–Crippen LogP) is 2.52. The van der Waals surface area contributed by atoms with Gasteiger partial charge in [0.2, 0.25) is 10.0 Å². The maximum absolute atomic E-state index is 13.1. The molecule has 0 saturated carbocycles. The van der Waals surface area contributed by atoms with Crippen LogP contribution in [0.1, 0.15) is 12.8 Å². The number of rotatable bonds is 5. The number of benzene rings is 1. The van der Waals surface area contributed by atoms with Crippen LogP contribution >= 0.6 is 27.5 Å². The first-order valence-corrected chi connectivity index (χ1v) is 8.90. The Labute approximate surface area is 131 Å². The zero-order valence-electron chi connectivity index (χ0n) is 10.6. The number of hydrogen-bond acceptors (Lipinski definition) is 3. The number of halogens is 3. The molecule has 0 aromatic heterocycles. The lowest BCUT2D eigenvalue weighted by molar-refractivity contribution is 0.519. The van der Waals surface area contributed by atoms with Gasteiger partial charge in [0.1, 0.15) is 10.7 Å². The highest BCUT2D eigenvalue weighted by atomic mass is 79.9. The van der Waals surface area contributed by atoms with E-state index in [0.29, 0.717) is 12.5 Å². The van der Waals surface area contributed by atoms with Crippen molar-refractivity contribution in [1.29, 1.82) is 0 Å². The van der Waals surface area contributed by atoms with E-state index >= 15 is 0 Å². The summed E-state index contributed by atoms with van der Waals surface area (Å²) in [6.07, 6.45) is 1.82. The smallest absolute Gasteiger partial charge is 0.243 e. The molecular weight excluding hydrogens is 371 g/mol. The molecule has 4 nitrogen and oxygen atoms in total. The summed E-state index contributed by atoms with van der Waals surface area (Å²) < 4.78 is 40.1. The molecule has 1 aliphatic heterocycles. The highest BCUT2D eigenvalue weighted by Gasteiger charge is 2.23. The minimum Gasteiger partial charge on any atom is -0.316 e. The van der Waals surface area contributed by atoms with Crippen molar-refractivity contribution in [1.82, 2.24) is 10.0 Å². The summed E-state index contributed by atoms with van der Waals surface area (Å²) in [5.74, 6) is -0.0947. The van der Waals surface area contributed by atoms with Gasteiger partial charge in [-0.05, 0) is 59.9 Å². The van der Waals surface area contributed by atoms with Crippen molar-refractivity contribution >= 4 is 37.6 Å². The fraction of sp³-hybridized carbons (Fsp3) is 0.500. The second-order valence-corrected chi connectivity index (χ2v) is 7.71. The van der Waals surface area contributed by atoms with Crippen LogP contribution in [-0.2, 0) is 10.0 Å². The van der Waals surface area contributed by atoms with E-state index in [4.69, 9.17) is 11.6 Å². The topological polar surface area (TPSA) is 58.2 Å². The van der Waals surface area contributed by atoms with Crippen LogP contribution in [0.25, 0.3) is 0 Å². The van der Waals surface area contributed by atoms with Crippen LogP contribution in [0.2, 0.25) is 5.02 Å². The van der Waals surface area contributed by atoms with E-state index in [-0.39, 0.29) is 14.4 Å². The quantitative estimate of drug-likeness (QED) is 0.819. The predicted molar refractivity (Wildman–Crippen MR) is 79.9 cm³/mol. The summed E-state index contributed by atoms with van der Waals surface area (Å²) in [4.78, 5) is -0.120. The molecule has 1 aromatic rings. The Morgan fingerprint density at radius 3 is 2.85 bits per heavy atom. The summed E-state index contributed by atoms with van der Waals surface area (Å²) in [6.45, 7) is 2.24. The second-order valence-electron chi connectivity index (χ2n) is 4.74. The molecule has 0 spiro atoms. The summed E-state index contributed by atoms with van der Waals surface area (Å²) >= 11 is 8.86. The second kappa shape index (κ2) is 6.70. The molecule has 0 bridgehead atoms. The van der Waals surface area contributed by atoms with E-state index in [1.807, 2.05) is 0 Å². The molecular formula is C12H15BrClFN2O2S. The molecule has 8 heteroatoms. The standard InChI is InChI=1S/C12H15BrClFN2O2S/c13-10-5-9(15)6-11(14)12(10)20(18,19)17-4-2-8-1-3-16-7-8/h5-6,8,16-17H,1-4,7H2. The highest BCUT2D eigenvalue weighted by Crippen LogP contribution is 2.30. The molecule has 0 amide bonds. The molecule has 1 unspecified atom stereocenters. The van der Waals surface area contributed by atoms with Crippen LogP contribution in [0.3, 0.4) is 0 Å². The van der Waals surface area contributed by atoms with E-state index in [2.05, 4.69) is 26.0 Å². The average molecular weight is 386 g/mol. The number of nitrogens with one attached hydrogen (secondary N) is 2. The number of hydrogen-bond donors (Lipinski definition) is 2. The Kier molecular flexibility index (Phi) is 5.42. The third-order valence-electron chi connectivity index (χ3n) is 3.24. The molecule has 0 radical (unpaired) electrons. The van der Waals surface area contributed by atoms with E-state index in [0.717, 1.165) is 38.1 Å². The molecule has 2 N–H and O–H groups in total. The minimum absolute atomic E-state index is 0.120. The molecule has 20 heavy (non-hydrogen) atoms. The molecule has 1 fully saturated rings. The van der Waals surface area contributed by atoms with Gasteiger partial charge in [0.05, 0.1) is 5.02 Å². The van der Waals surface area contributed by atoms with Gasteiger partial charge < -0.3 is 5.32 Å². The van der Waals surface area contributed by atoms with Crippen LogP contribution in [0.5, 0.6) is 0 Å². The first-order valence-electron chi connectivity index (χ1n) is 6.25. The SMILES string of the molecule is O=S(=O)(NCCC1CCNC1)c1c(Cl)cc(F)cc1Br. The summed E-state index contributed by atoms with van der Waals surface area (Å²) in [5.41, 5.74) is 0. The Bertz CT molecular complexity index is 568. The lowest BCUT2D eigenvalue weighted by Gasteiger charge is -2.12. The normalized spacial score (nSPS) is 19.4. The molecule has 1 saturated heterocycles. The van der Waals surface area contributed by atoms with Crippen LogP contribution in [-0.4, -0.2) is 28.1 Å². The molecule has 1 atom stereocenters. The van der Waals surface area contributed by atoms with Crippen LogP contribution in [0.15, 0.2) is 21.5 Å². The molecule has 1 heterocycles. The van der Waals surface area contributed by atoms with Gasteiger partial charge in [0.25, 0.3) is 0 Å². The third kappa shape index (κ3) is 3.92. The minimum atomic E-state index is -3.75. The van der Waals surface area contributed by atoms with Crippen molar-refractivity contribution in [2.75, 3.05) is 19.6 Å². The molecule has 0 aliphatic carbocycles. The first-order chi connectivity index (χ1) is 9.40. The van der Waals surface area contributed by atoms with Crippen molar-refractivity contribution in [3.63, 3.8) is 0 Å². The van der Waals surface area contributed by atoms with Gasteiger partial charge in [-0.25, -0.2) is 17.5 Å². The summed E-state index contributed by atoms with van der Waals surface area (Å²) in [5, 5.41) is 3.10. The van der Waals surface area contributed by atoms with Gasteiger partial charge >= 0.3 is 0 Å². The molecule has 112 valence electrons. The maximum atomic E-state index is 13.1. The third-order valence-corrected chi connectivity index (χ3v) is 6.10. The fourth-order valence-corrected chi connectivity index (χ4v) is 5.07. The van der Waals surface area contributed by atoms with Crippen LogP contribution < -0.4 is 10.0 Å². The molecule has 2 rings (SSSR count). The zero-order valence-corrected chi connectivity index (χ0v) is 13.8. The Balaban J connectivity index is 2.06. The van der Waals surface area contributed by atoms with Crippen molar-refractivity contribution in [3.8, 4) is 0 Å². The lowest BCUT2D eigenvalue weighted by Crippen LogP contribution is -2.27. The Morgan fingerprint density at radius 1 is 1.50 bits per heavy atom. The van der Waals surface area contributed by atoms with Gasteiger partial charge in [-0.3, -0.25) is 0 Å². The van der Waals surface area contributed by atoms with Gasteiger partial charge in [-0.1, -0.05) is 11.6 Å². The average Bonchev–Trinajstić information content (AvgIpc) is 2.79. The van der Waals surface area contributed by atoms with Gasteiger partial charge in [0.15, 0.2) is 0 Å². The zero-order chi connectivity index (χ0) is 14.8. The Morgan fingerprint density at radius 2 is 2.25 bits per heavy atom. The van der Waals surface area contributed by atoms with E-state index in [9.17, 15) is 12.8 Å². The van der Waals surface area contributed by atoms with Crippen LogP contribution in [0.4, 0.5) is 4.39 Å². The van der Waals surface area contributed by atoms with Crippen LogP contribution in [0, 0.1) is 11.7 Å². The van der Waals surface area contributed by atoms with Crippen molar-refractivity contribution in [2.24, 2.45) is 5.92 Å². The van der Waals surface area contributed by atoms with Gasteiger partial charge in [0, 0.05) is 11.0 Å². The maximum Gasteiger partial charge on any atom is 0.243 e. The monoisotopic (exact) mass is 384 g/mol. The summed E-state index contributed by atoms with van der Waals surface area (Å²) in [7, 11) is -3.75. The van der Waals surface area contributed by atoms with E-state index in [1.54, 1.807) is 0 Å². The lowest BCUT2D eigenvalue weighted by atomic mass is 10.1. The first kappa shape index (κ1) is 16.2. The van der Waals surface area contributed by atoms with E-state index < -0.39 is 15.8 Å². The Hall–Kier alpha value is -0.210. The fourth-order valence-electron chi connectivity index (χ4n) is 2.22. The highest BCUT2D eigenvalue weighted by molar-refractivity contribution is 9.10. The van der Waals surface area contributed by atoms with E-state index in [1.165, 1.54) is 0 Å². The van der Waals surface area contributed by atoms with Crippen molar-refractivity contribution < 1.29 is 12.8 Å².